The molecule has 0 heterocycles. The normalized spacial score (nSPS) is 16.3. The third-order valence-electron chi connectivity index (χ3n) is 1.02. The van der Waals surface area contributed by atoms with E-state index in [4.69, 9.17) is 4.52 Å². The Hall–Kier alpha value is 0.960. The molecule has 0 amide bonds. The summed E-state index contributed by atoms with van der Waals surface area (Å²) in [6, 6.07) is 0. The maximum Gasteiger partial charge on any atom is 0.0503 e. The van der Waals surface area contributed by atoms with E-state index in [2.05, 4.69) is 19.9 Å². The first kappa shape index (κ1) is 12.0. The van der Waals surface area contributed by atoms with Crippen molar-refractivity contribution in [2.75, 3.05) is 24.1 Å². The summed E-state index contributed by atoms with van der Waals surface area (Å²) in [4.78, 5) is 0. The van der Waals surface area contributed by atoms with Gasteiger partial charge in [0.1, 0.15) is 0 Å². The Morgan fingerprint density at radius 3 is 2.55 bits per heavy atom. The van der Waals surface area contributed by atoms with Crippen molar-refractivity contribution in [3.8, 4) is 0 Å². The molecule has 0 fully saturated rings. The molecule has 1 atom stereocenters. The number of thioether (sulfide) groups is 1. The van der Waals surface area contributed by atoms with Crippen LogP contribution in [0.5, 0.6) is 0 Å². The number of rotatable bonds is 6. The Bertz CT molecular complexity index is 138. The highest BCUT2D eigenvalue weighted by atomic mass is 32.7. The van der Waals surface area contributed by atoms with Crippen molar-refractivity contribution in [1.82, 2.24) is 0 Å². The first-order valence-electron chi connectivity index (χ1n) is 3.70. The molecule has 0 rings (SSSR count). The molecule has 0 radical (unpaired) electrons. The van der Waals surface area contributed by atoms with Gasteiger partial charge in [0.05, 0.1) is 6.31 Å². The second-order valence-corrected chi connectivity index (χ2v) is 9.74. The highest BCUT2D eigenvalue weighted by Crippen LogP contribution is 2.56. The quantitative estimate of drug-likeness (QED) is 0.379. The van der Waals surface area contributed by atoms with Gasteiger partial charge in [0.2, 0.25) is 0 Å². The lowest BCUT2D eigenvalue weighted by molar-refractivity contribution is 0.387. The van der Waals surface area contributed by atoms with E-state index in [1.54, 1.807) is 0 Å². The molecule has 1 unspecified atom stereocenters. The van der Waals surface area contributed by atoms with Crippen LogP contribution in [0, 0.1) is 0 Å². The molecule has 11 heavy (non-hydrogen) atoms. The minimum Gasteiger partial charge on any atom is -0.352 e. The molecule has 0 bridgehead atoms. The van der Waals surface area contributed by atoms with Crippen molar-refractivity contribution < 1.29 is 4.52 Å². The average Bonchev–Trinajstić information content (AvgIpc) is 1.87. The van der Waals surface area contributed by atoms with E-state index in [1.807, 2.05) is 30.1 Å². The van der Waals surface area contributed by atoms with Crippen molar-refractivity contribution in [3.63, 3.8) is 0 Å². The summed E-state index contributed by atoms with van der Waals surface area (Å²) < 4.78 is 5.53. The van der Waals surface area contributed by atoms with Crippen molar-refractivity contribution in [3.05, 3.63) is 0 Å². The molecule has 0 aliphatic carbocycles. The van der Waals surface area contributed by atoms with Crippen LogP contribution in [0.1, 0.15) is 13.8 Å². The molecular weight excluding hydrogens is 195 g/mol. The smallest absolute Gasteiger partial charge is 0.0503 e. The molecule has 0 aromatic heterocycles. The van der Waals surface area contributed by atoms with Gasteiger partial charge in [0.25, 0.3) is 0 Å². The van der Waals surface area contributed by atoms with Crippen LogP contribution in [-0.4, -0.2) is 30.4 Å². The highest BCUT2D eigenvalue weighted by molar-refractivity contribution is 8.61. The van der Waals surface area contributed by atoms with E-state index in [0.29, 0.717) is 0 Å². The molecule has 0 saturated heterocycles. The maximum atomic E-state index is 5.53. The van der Waals surface area contributed by atoms with Gasteiger partial charge in [-0.1, -0.05) is 24.6 Å². The summed E-state index contributed by atoms with van der Waals surface area (Å²) in [5.41, 5.74) is 0. The number of hydrogen-bond donors (Lipinski definition) is 0. The van der Waals surface area contributed by atoms with E-state index >= 15 is 0 Å². The summed E-state index contributed by atoms with van der Waals surface area (Å²) in [5, 5.41) is 1.12. The summed E-state index contributed by atoms with van der Waals surface area (Å²) in [6.07, 6.45) is 2.74. The Labute approximate surface area is 78.5 Å². The lowest BCUT2D eigenvalue weighted by Gasteiger charge is -2.17. The minimum atomic E-state index is -1.33. The van der Waals surface area contributed by atoms with Gasteiger partial charge in [-0.25, -0.2) is 0 Å². The molecule has 0 N–H and O–H groups in total. The standard InChI is InChI=1S/C7H17OPS2/c1-5-8-9(3,4)11-7-10-6-2/h3,5-7H2,1-2,4H3. The minimum absolute atomic E-state index is 0.789. The maximum absolute atomic E-state index is 5.53. The van der Waals surface area contributed by atoms with E-state index in [1.165, 1.54) is 5.75 Å². The van der Waals surface area contributed by atoms with Gasteiger partial charge in [0, 0.05) is 11.7 Å². The zero-order valence-corrected chi connectivity index (χ0v) is 10.0. The first-order chi connectivity index (χ1) is 5.12. The molecule has 4 heteroatoms. The van der Waals surface area contributed by atoms with Crippen molar-refractivity contribution in [2.45, 2.75) is 13.8 Å². The summed E-state index contributed by atoms with van der Waals surface area (Å²) in [7, 11) is 0. The highest BCUT2D eigenvalue weighted by Gasteiger charge is 2.06. The van der Waals surface area contributed by atoms with Gasteiger partial charge >= 0.3 is 0 Å². The molecule has 0 saturated carbocycles. The average molecular weight is 212 g/mol. The van der Waals surface area contributed by atoms with Crippen LogP contribution in [0.15, 0.2) is 0 Å². The fraction of sp³-hybridized carbons (Fsp3) is 0.857. The lowest BCUT2D eigenvalue weighted by Crippen LogP contribution is -1.84. The monoisotopic (exact) mass is 212 g/mol. The van der Waals surface area contributed by atoms with E-state index in [-0.39, 0.29) is 0 Å². The van der Waals surface area contributed by atoms with Crippen LogP contribution in [0.3, 0.4) is 0 Å². The predicted octanol–water partition coefficient (Wildman–Crippen LogP) is 3.38. The zero-order valence-electron chi connectivity index (χ0n) is 7.50. The first-order valence-corrected chi connectivity index (χ1v) is 8.78. The Balaban J connectivity index is 3.47. The van der Waals surface area contributed by atoms with E-state index in [9.17, 15) is 0 Å². The second-order valence-electron chi connectivity index (χ2n) is 2.17. The van der Waals surface area contributed by atoms with Gasteiger partial charge in [0.15, 0.2) is 0 Å². The van der Waals surface area contributed by atoms with E-state index in [0.717, 1.165) is 11.7 Å². The third kappa shape index (κ3) is 7.32. The summed E-state index contributed by atoms with van der Waals surface area (Å²) >= 11 is 3.80. The van der Waals surface area contributed by atoms with Crippen LogP contribution in [0.25, 0.3) is 0 Å². The lowest BCUT2D eigenvalue weighted by atomic mass is 10.9. The summed E-state index contributed by atoms with van der Waals surface area (Å²) in [6.45, 7) is 7.11. The van der Waals surface area contributed by atoms with Gasteiger partial charge in [-0.15, -0.1) is 0 Å². The van der Waals surface area contributed by atoms with Crippen LogP contribution in [0.2, 0.25) is 0 Å². The Morgan fingerprint density at radius 2 is 2.09 bits per heavy atom. The van der Waals surface area contributed by atoms with Crippen molar-refractivity contribution in [2.24, 2.45) is 0 Å². The predicted molar refractivity (Wildman–Crippen MR) is 62.2 cm³/mol. The van der Waals surface area contributed by atoms with Crippen LogP contribution in [0.4, 0.5) is 0 Å². The van der Waals surface area contributed by atoms with E-state index < -0.39 is 6.31 Å². The van der Waals surface area contributed by atoms with Crippen molar-refractivity contribution >= 4 is 35.8 Å². The fourth-order valence-electron chi connectivity index (χ4n) is 0.542. The SMILES string of the molecule is C=P(C)(OCC)SCSCC. The van der Waals surface area contributed by atoms with Crippen LogP contribution < -0.4 is 0 Å². The second kappa shape index (κ2) is 6.47. The van der Waals surface area contributed by atoms with Crippen LogP contribution >= 0.6 is 29.5 Å². The number of hydrogen-bond acceptors (Lipinski definition) is 3. The Morgan fingerprint density at radius 1 is 1.45 bits per heavy atom. The van der Waals surface area contributed by atoms with Crippen molar-refractivity contribution in [1.29, 1.82) is 0 Å². The molecule has 0 aliphatic rings. The molecule has 1 nitrogen and oxygen atoms in total. The Kier molecular flexibility index (Phi) is 7.04. The molecule has 0 spiro atoms. The topological polar surface area (TPSA) is 9.23 Å². The largest absolute Gasteiger partial charge is 0.352 e. The van der Waals surface area contributed by atoms with Gasteiger partial charge in [-0.3, -0.25) is 0 Å². The third-order valence-corrected chi connectivity index (χ3v) is 6.77. The van der Waals surface area contributed by atoms with Crippen LogP contribution in [-0.2, 0) is 4.52 Å². The van der Waals surface area contributed by atoms with Gasteiger partial charge in [-0.05, 0) is 19.3 Å². The zero-order chi connectivity index (χ0) is 8.74. The molecule has 68 valence electrons. The van der Waals surface area contributed by atoms with Gasteiger partial charge < -0.3 is 4.52 Å². The molecule has 0 aromatic rings. The molecule has 0 aromatic carbocycles. The fourth-order valence-corrected chi connectivity index (χ4v) is 6.24. The molecular formula is C7H17OPS2. The summed E-state index contributed by atoms with van der Waals surface area (Å²) in [5.74, 6) is 1.18. The van der Waals surface area contributed by atoms with Gasteiger partial charge in [-0.2, -0.15) is 11.8 Å². The molecule has 0 aliphatic heterocycles.